The molecular weight excluding hydrogens is 266 g/mol. The van der Waals surface area contributed by atoms with Crippen LogP contribution in [-0.2, 0) is 4.79 Å². The van der Waals surface area contributed by atoms with Crippen LogP contribution < -0.4 is 0 Å². The molecule has 4 heteroatoms. The van der Waals surface area contributed by atoms with Gasteiger partial charge in [-0.05, 0) is 42.9 Å². The van der Waals surface area contributed by atoms with E-state index in [1.807, 2.05) is 19.1 Å². The first-order valence-electron chi connectivity index (χ1n) is 7.52. The maximum atomic E-state index is 12.6. The first-order valence-corrected chi connectivity index (χ1v) is 7.52. The second kappa shape index (κ2) is 6.29. The Bertz CT molecular complexity index is 543. The van der Waals surface area contributed by atoms with Gasteiger partial charge in [0.05, 0.1) is 5.92 Å². The molecule has 1 fully saturated rings. The molecule has 0 atom stereocenters. The summed E-state index contributed by atoms with van der Waals surface area (Å²) >= 11 is 0. The third kappa shape index (κ3) is 3.43. The van der Waals surface area contributed by atoms with E-state index in [1.165, 1.54) is 5.56 Å². The fourth-order valence-corrected chi connectivity index (χ4v) is 2.79. The zero-order valence-electron chi connectivity index (χ0n) is 12.9. The summed E-state index contributed by atoms with van der Waals surface area (Å²) in [7, 11) is 0. The SMILES string of the molecule is Cc1cc(C(C)C)ccc1C(=O)N1CCC(C(=O)O)CC1. The van der Waals surface area contributed by atoms with Gasteiger partial charge >= 0.3 is 5.97 Å². The molecule has 0 radical (unpaired) electrons. The Morgan fingerprint density at radius 3 is 2.33 bits per heavy atom. The van der Waals surface area contributed by atoms with E-state index in [0.29, 0.717) is 31.8 Å². The molecule has 0 unspecified atom stereocenters. The normalized spacial score (nSPS) is 16.3. The van der Waals surface area contributed by atoms with Crippen molar-refractivity contribution < 1.29 is 14.7 Å². The summed E-state index contributed by atoms with van der Waals surface area (Å²) in [5.41, 5.74) is 2.95. The lowest BCUT2D eigenvalue weighted by molar-refractivity contribution is -0.143. The predicted molar refractivity (Wildman–Crippen MR) is 81.5 cm³/mol. The van der Waals surface area contributed by atoms with E-state index in [-0.39, 0.29) is 11.8 Å². The minimum Gasteiger partial charge on any atom is -0.481 e. The van der Waals surface area contributed by atoms with Gasteiger partial charge in [-0.2, -0.15) is 0 Å². The molecule has 0 aliphatic carbocycles. The highest BCUT2D eigenvalue weighted by molar-refractivity contribution is 5.95. The quantitative estimate of drug-likeness (QED) is 0.930. The van der Waals surface area contributed by atoms with Crippen molar-refractivity contribution in [3.8, 4) is 0 Å². The summed E-state index contributed by atoms with van der Waals surface area (Å²) in [4.78, 5) is 25.3. The Labute approximate surface area is 125 Å². The zero-order chi connectivity index (χ0) is 15.6. The van der Waals surface area contributed by atoms with Crippen molar-refractivity contribution in [2.45, 2.75) is 39.5 Å². The number of hydrogen-bond acceptors (Lipinski definition) is 2. The van der Waals surface area contributed by atoms with Gasteiger partial charge in [-0.3, -0.25) is 9.59 Å². The summed E-state index contributed by atoms with van der Waals surface area (Å²) in [6.07, 6.45) is 1.09. The molecular formula is C17H23NO3. The molecule has 1 aliphatic heterocycles. The molecule has 1 aliphatic rings. The van der Waals surface area contributed by atoms with Crippen LogP contribution in [0.3, 0.4) is 0 Å². The van der Waals surface area contributed by atoms with Gasteiger partial charge in [-0.1, -0.05) is 26.0 Å². The Morgan fingerprint density at radius 1 is 1.24 bits per heavy atom. The van der Waals surface area contributed by atoms with Crippen LogP contribution in [-0.4, -0.2) is 35.0 Å². The van der Waals surface area contributed by atoms with Crippen LogP contribution in [0.5, 0.6) is 0 Å². The topological polar surface area (TPSA) is 57.6 Å². The van der Waals surface area contributed by atoms with Gasteiger partial charge in [0.25, 0.3) is 5.91 Å². The van der Waals surface area contributed by atoms with Crippen LogP contribution in [0.25, 0.3) is 0 Å². The largest absolute Gasteiger partial charge is 0.481 e. The van der Waals surface area contributed by atoms with Gasteiger partial charge in [0.2, 0.25) is 0 Å². The first kappa shape index (κ1) is 15.5. The van der Waals surface area contributed by atoms with E-state index in [2.05, 4.69) is 19.9 Å². The van der Waals surface area contributed by atoms with Crippen LogP contribution in [0, 0.1) is 12.8 Å². The van der Waals surface area contributed by atoms with Crippen LogP contribution in [0.4, 0.5) is 0 Å². The maximum Gasteiger partial charge on any atom is 0.306 e. The fraction of sp³-hybridized carbons (Fsp3) is 0.529. The number of piperidine rings is 1. The number of aryl methyl sites for hydroxylation is 1. The predicted octanol–water partition coefficient (Wildman–Crippen LogP) is 3.06. The van der Waals surface area contributed by atoms with Crippen molar-refractivity contribution in [3.63, 3.8) is 0 Å². The van der Waals surface area contributed by atoms with Crippen molar-refractivity contribution in [1.82, 2.24) is 4.90 Å². The standard InChI is InChI=1S/C17H23NO3/c1-11(2)14-4-5-15(12(3)10-14)16(19)18-8-6-13(7-9-18)17(20)21/h4-5,10-11,13H,6-9H2,1-3H3,(H,20,21). The van der Waals surface area contributed by atoms with Crippen molar-refractivity contribution in [2.24, 2.45) is 5.92 Å². The summed E-state index contributed by atoms with van der Waals surface area (Å²) in [5, 5.41) is 9.00. The monoisotopic (exact) mass is 289 g/mol. The molecule has 114 valence electrons. The molecule has 0 aromatic heterocycles. The highest BCUT2D eigenvalue weighted by Crippen LogP contribution is 2.23. The molecule has 1 saturated heterocycles. The van der Waals surface area contributed by atoms with Gasteiger partial charge in [0, 0.05) is 18.7 Å². The Morgan fingerprint density at radius 2 is 1.86 bits per heavy atom. The Hall–Kier alpha value is -1.84. The molecule has 1 amide bonds. The molecule has 0 bridgehead atoms. The van der Waals surface area contributed by atoms with E-state index in [0.717, 1.165) is 11.1 Å². The van der Waals surface area contributed by atoms with Crippen LogP contribution in [0.2, 0.25) is 0 Å². The number of carbonyl (C=O) groups is 2. The van der Waals surface area contributed by atoms with E-state index >= 15 is 0 Å². The number of hydrogen-bond donors (Lipinski definition) is 1. The molecule has 4 nitrogen and oxygen atoms in total. The number of nitrogens with zero attached hydrogens (tertiary/aromatic N) is 1. The number of benzene rings is 1. The Kier molecular flexibility index (Phi) is 4.66. The van der Waals surface area contributed by atoms with Crippen LogP contribution in [0.15, 0.2) is 18.2 Å². The van der Waals surface area contributed by atoms with E-state index in [1.54, 1.807) is 4.90 Å². The Balaban J connectivity index is 2.09. The van der Waals surface area contributed by atoms with Crippen molar-refractivity contribution in [1.29, 1.82) is 0 Å². The van der Waals surface area contributed by atoms with E-state index in [9.17, 15) is 9.59 Å². The van der Waals surface area contributed by atoms with Crippen molar-refractivity contribution in [2.75, 3.05) is 13.1 Å². The summed E-state index contributed by atoms with van der Waals surface area (Å²) in [5.74, 6) is -0.594. The minimum absolute atomic E-state index is 0.0200. The van der Waals surface area contributed by atoms with E-state index < -0.39 is 5.97 Å². The fourth-order valence-electron chi connectivity index (χ4n) is 2.79. The van der Waals surface area contributed by atoms with Crippen LogP contribution >= 0.6 is 0 Å². The third-order valence-electron chi connectivity index (χ3n) is 4.28. The highest BCUT2D eigenvalue weighted by Gasteiger charge is 2.28. The number of rotatable bonds is 3. The molecule has 0 spiro atoms. The molecule has 1 heterocycles. The number of amides is 1. The van der Waals surface area contributed by atoms with E-state index in [4.69, 9.17) is 5.11 Å². The summed E-state index contributed by atoms with van der Waals surface area (Å²) < 4.78 is 0. The second-order valence-electron chi connectivity index (χ2n) is 6.13. The van der Waals surface area contributed by atoms with Gasteiger partial charge in [0.1, 0.15) is 0 Å². The van der Waals surface area contributed by atoms with Gasteiger partial charge in [-0.25, -0.2) is 0 Å². The maximum absolute atomic E-state index is 12.6. The zero-order valence-corrected chi connectivity index (χ0v) is 12.9. The van der Waals surface area contributed by atoms with Gasteiger partial charge < -0.3 is 10.0 Å². The average molecular weight is 289 g/mol. The number of carboxylic acid groups (broad SMARTS) is 1. The summed E-state index contributed by atoms with van der Waals surface area (Å²) in [6.45, 7) is 7.28. The number of carboxylic acids is 1. The van der Waals surface area contributed by atoms with Crippen molar-refractivity contribution >= 4 is 11.9 Å². The lowest BCUT2D eigenvalue weighted by Gasteiger charge is -2.30. The highest BCUT2D eigenvalue weighted by atomic mass is 16.4. The molecule has 2 rings (SSSR count). The number of carbonyl (C=O) groups excluding carboxylic acids is 1. The minimum atomic E-state index is -0.750. The second-order valence-corrected chi connectivity index (χ2v) is 6.13. The summed E-state index contributed by atoms with van der Waals surface area (Å²) in [6, 6.07) is 5.98. The molecule has 21 heavy (non-hydrogen) atoms. The number of likely N-dealkylation sites (tertiary alicyclic amines) is 1. The molecule has 0 saturated carbocycles. The van der Waals surface area contributed by atoms with Gasteiger partial charge in [0.15, 0.2) is 0 Å². The lowest BCUT2D eigenvalue weighted by atomic mass is 9.94. The van der Waals surface area contributed by atoms with Crippen LogP contribution in [0.1, 0.15) is 54.1 Å². The average Bonchev–Trinajstić information content (AvgIpc) is 2.46. The molecule has 1 aromatic rings. The first-order chi connectivity index (χ1) is 9.90. The lowest BCUT2D eigenvalue weighted by Crippen LogP contribution is -2.40. The van der Waals surface area contributed by atoms with Gasteiger partial charge in [-0.15, -0.1) is 0 Å². The van der Waals surface area contributed by atoms with Crippen molar-refractivity contribution in [3.05, 3.63) is 34.9 Å². The smallest absolute Gasteiger partial charge is 0.306 e. The molecule has 1 N–H and O–H groups in total. The third-order valence-corrected chi connectivity index (χ3v) is 4.28. The number of aliphatic carboxylic acids is 1. The molecule has 1 aromatic carbocycles.